The van der Waals surface area contributed by atoms with E-state index in [9.17, 15) is 19.2 Å². The zero-order valence-electron chi connectivity index (χ0n) is 33.9. The summed E-state index contributed by atoms with van der Waals surface area (Å²) in [5.74, 6) is 1.17. The Balaban J connectivity index is 0.946. The number of thioether (sulfide) groups is 1. The molecule has 3 N–H and O–H groups in total. The quantitative estimate of drug-likeness (QED) is 0.159. The Labute approximate surface area is 347 Å². The number of ether oxygens (including phenoxy) is 3. The van der Waals surface area contributed by atoms with Gasteiger partial charge in [0.05, 0.1) is 43.6 Å². The van der Waals surface area contributed by atoms with Crippen molar-refractivity contribution in [2.45, 2.75) is 69.5 Å². The highest BCUT2D eigenvalue weighted by atomic mass is 32.2. The number of amides is 4. The number of fused-ring (bicyclic) bond motifs is 3. The second-order valence-electron chi connectivity index (χ2n) is 15.9. The molecule has 4 aromatic rings. The number of alkyl carbamates (subject to hydrolysis) is 2. The maximum atomic E-state index is 14.0. The predicted molar refractivity (Wildman–Crippen MR) is 226 cm³/mol. The third-order valence-electron chi connectivity index (χ3n) is 12.0. The molecule has 0 bridgehead atoms. The Bertz CT molecular complexity index is 2250. The first-order chi connectivity index (χ1) is 28.6. The van der Waals surface area contributed by atoms with Crippen molar-refractivity contribution < 1.29 is 33.4 Å². The van der Waals surface area contributed by atoms with Crippen molar-refractivity contribution in [1.82, 2.24) is 30.4 Å². The highest BCUT2D eigenvalue weighted by Gasteiger charge is 2.41. The van der Waals surface area contributed by atoms with E-state index in [1.54, 1.807) is 11.8 Å². The van der Waals surface area contributed by atoms with Crippen molar-refractivity contribution in [3.8, 4) is 22.4 Å². The minimum Gasteiger partial charge on any atom is -0.453 e. The molecule has 0 aliphatic carbocycles. The van der Waals surface area contributed by atoms with E-state index < -0.39 is 24.3 Å². The fraction of sp³-hybridized carbons (Fsp3) is 0.455. The summed E-state index contributed by atoms with van der Waals surface area (Å²) >= 11 is 1.71. The summed E-state index contributed by atoms with van der Waals surface area (Å²) < 4.78 is 15.2. The van der Waals surface area contributed by atoms with Gasteiger partial charge in [0.25, 0.3) is 0 Å². The third kappa shape index (κ3) is 8.27. The van der Waals surface area contributed by atoms with Crippen molar-refractivity contribution >= 4 is 57.9 Å². The van der Waals surface area contributed by atoms with Gasteiger partial charge in [0.2, 0.25) is 11.8 Å². The molecule has 8 rings (SSSR count). The lowest BCUT2D eigenvalue weighted by Gasteiger charge is -2.34. The van der Waals surface area contributed by atoms with Crippen LogP contribution in [0.1, 0.15) is 57.0 Å². The second-order valence-corrected chi connectivity index (χ2v) is 17.1. The first-order valence-corrected chi connectivity index (χ1v) is 21.5. The van der Waals surface area contributed by atoms with Gasteiger partial charge >= 0.3 is 12.2 Å². The maximum Gasteiger partial charge on any atom is 0.407 e. The zero-order chi connectivity index (χ0) is 41.2. The molecule has 1 aromatic heterocycles. The van der Waals surface area contributed by atoms with Crippen LogP contribution in [0, 0.1) is 11.8 Å². The van der Waals surface area contributed by atoms with Crippen LogP contribution in [0.15, 0.2) is 65.8 Å². The van der Waals surface area contributed by atoms with Crippen LogP contribution in [0.25, 0.3) is 33.2 Å². The molecule has 3 aromatic carbocycles. The number of carbonyl (C=O) groups is 4. The molecule has 0 spiro atoms. The van der Waals surface area contributed by atoms with Crippen molar-refractivity contribution in [3.05, 3.63) is 72.2 Å². The summed E-state index contributed by atoms with van der Waals surface area (Å²) in [7, 11) is 2.61. The van der Waals surface area contributed by atoms with Crippen molar-refractivity contribution in [1.29, 1.82) is 0 Å². The van der Waals surface area contributed by atoms with Crippen LogP contribution >= 0.6 is 11.8 Å². The summed E-state index contributed by atoms with van der Waals surface area (Å²) in [6, 6.07) is 17.5. The number of methoxy groups -OCH3 is 2. The predicted octanol–water partition coefficient (Wildman–Crippen LogP) is 6.62. The Hall–Kier alpha value is -5.41. The monoisotopic (exact) mass is 821 g/mol. The van der Waals surface area contributed by atoms with Gasteiger partial charge in [0, 0.05) is 38.5 Å². The third-order valence-corrected chi connectivity index (χ3v) is 13.3. The van der Waals surface area contributed by atoms with Gasteiger partial charge in [-0.05, 0) is 82.7 Å². The average Bonchev–Trinajstić information content (AvgIpc) is 4.10. The van der Waals surface area contributed by atoms with Crippen LogP contribution in [0.2, 0.25) is 0 Å². The number of nitrogens with zero attached hydrogens (tertiary/aromatic N) is 4. The number of aromatic nitrogens is 2. The van der Waals surface area contributed by atoms with Gasteiger partial charge in [-0.25, -0.2) is 14.6 Å². The van der Waals surface area contributed by atoms with Gasteiger partial charge in [-0.1, -0.05) is 56.3 Å². The Morgan fingerprint density at radius 1 is 0.864 bits per heavy atom. The number of H-pyrrole nitrogens is 1. The summed E-state index contributed by atoms with van der Waals surface area (Å²) in [6.45, 7) is 6.14. The molecule has 4 aliphatic heterocycles. The number of aliphatic imine (C=N–C) groups is 1. The average molecular weight is 822 g/mol. The van der Waals surface area contributed by atoms with Gasteiger partial charge in [0.1, 0.15) is 23.3 Å². The molecule has 3 saturated heterocycles. The molecule has 3 fully saturated rings. The molecule has 0 unspecified atom stereocenters. The lowest BCUT2D eigenvalue weighted by Crippen LogP contribution is -2.53. The largest absolute Gasteiger partial charge is 0.453 e. The highest BCUT2D eigenvalue weighted by molar-refractivity contribution is 8.00. The number of benzene rings is 3. The van der Waals surface area contributed by atoms with Crippen LogP contribution in [-0.4, -0.2) is 113 Å². The maximum absolute atomic E-state index is 14.0. The van der Waals surface area contributed by atoms with E-state index in [1.807, 2.05) is 29.8 Å². The number of imidazole rings is 1. The lowest BCUT2D eigenvalue weighted by atomic mass is 9.90. The molecule has 15 heteroatoms. The fourth-order valence-corrected chi connectivity index (χ4v) is 10.1. The van der Waals surface area contributed by atoms with E-state index in [4.69, 9.17) is 24.2 Å². The van der Waals surface area contributed by atoms with E-state index in [-0.39, 0.29) is 35.1 Å². The fourth-order valence-electron chi connectivity index (χ4n) is 8.83. The topological polar surface area (TPSA) is 168 Å². The smallest absolute Gasteiger partial charge is 0.407 e. The molecule has 0 radical (unpaired) electrons. The number of carbonyl (C=O) groups excluding carboxylic acids is 4. The molecule has 4 amide bonds. The number of likely N-dealkylation sites (tertiary alicyclic amines) is 1. The zero-order valence-corrected chi connectivity index (χ0v) is 34.7. The van der Waals surface area contributed by atoms with Crippen LogP contribution in [0.4, 0.5) is 15.3 Å². The first-order valence-electron chi connectivity index (χ1n) is 20.4. The summed E-state index contributed by atoms with van der Waals surface area (Å²) in [5, 5.41) is 7.60. The number of hydrogen-bond acceptors (Lipinski definition) is 10. The molecule has 0 saturated carbocycles. The van der Waals surface area contributed by atoms with Gasteiger partial charge in [-0.2, -0.15) is 0 Å². The number of nitrogens with one attached hydrogen (secondary N) is 3. The van der Waals surface area contributed by atoms with Crippen molar-refractivity contribution in [2.24, 2.45) is 16.8 Å². The molecule has 4 aliphatic rings. The van der Waals surface area contributed by atoms with E-state index >= 15 is 0 Å². The molecule has 14 nitrogen and oxygen atoms in total. The molecular weight excluding hydrogens is 771 g/mol. The van der Waals surface area contributed by atoms with Gasteiger partial charge < -0.3 is 39.6 Å². The van der Waals surface area contributed by atoms with Gasteiger partial charge in [-0.3, -0.25) is 14.6 Å². The highest BCUT2D eigenvalue weighted by Crippen LogP contribution is 2.40. The molecule has 5 heterocycles. The number of aromatic amines is 1. The summed E-state index contributed by atoms with van der Waals surface area (Å²) in [4.78, 5) is 69.0. The van der Waals surface area contributed by atoms with Crippen molar-refractivity contribution in [3.63, 3.8) is 0 Å². The lowest BCUT2D eigenvalue weighted by molar-refractivity contribution is -0.137. The molecule has 59 heavy (non-hydrogen) atoms. The van der Waals surface area contributed by atoms with E-state index in [2.05, 4.69) is 70.2 Å². The number of hydrogen-bond donors (Lipinski definition) is 3. The van der Waals surface area contributed by atoms with Crippen LogP contribution in [0.3, 0.4) is 0 Å². The Morgan fingerprint density at radius 3 is 2.34 bits per heavy atom. The summed E-state index contributed by atoms with van der Waals surface area (Å²) in [6.07, 6.45) is 4.26. The van der Waals surface area contributed by atoms with Gasteiger partial charge in [-0.15, -0.1) is 11.8 Å². The van der Waals surface area contributed by atoms with E-state index in [0.717, 1.165) is 74.5 Å². The second kappa shape index (κ2) is 17.4. The Morgan fingerprint density at radius 2 is 1.59 bits per heavy atom. The molecule has 310 valence electrons. The van der Waals surface area contributed by atoms with Crippen LogP contribution < -0.4 is 10.6 Å². The molecule has 4 atom stereocenters. The normalized spacial score (nSPS) is 20.3. The van der Waals surface area contributed by atoms with Crippen molar-refractivity contribution in [2.75, 3.05) is 46.3 Å². The van der Waals surface area contributed by atoms with E-state index in [0.29, 0.717) is 45.6 Å². The first kappa shape index (κ1) is 40.4. The van der Waals surface area contributed by atoms with Crippen LogP contribution in [0.5, 0.6) is 0 Å². The number of rotatable bonds is 10. The van der Waals surface area contributed by atoms with Gasteiger partial charge in [0.15, 0.2) is 0 Å². The molecular formula is C44H51N7O7S. The SMILES string of the molecule is COC(=O)N[C@H](C(=O)N1CCS[C@@H]1C1=Nc2ccc3cc(-c4ccc(-c5cnc([C@@H]6CCCN6C(=O)[C@@H](NC(=O)OC)C6CCOCC6)[nH]5)cc4)ccc3c2C1)C(C)C. The standard InChI is InChI=1S/C44H51N7O7S/c1-25(2)37(48-43(54)56-3)40(52)51-18-21-59-42(51)34-23-32-31-13-11-29(22-30(31)12-14-33(32)46-34)26-7-9-27(10-8-26)35-24-45-39(47-35)36-6-5-17-50(36)41(53)38(49-44(55)57-4)28-15-19-58-20-16-28/h7-14,22,24-25,28,36-38,42H,5-6,15-21,23H2,1-4H3,(H,45,47)(H,48,54)(H,49,55)/t36-,37-,38-,42+/m0/s1. The Kier molecular flexibility index (Phi) is 11.9. The summed E-state index contributed by atoms with van der Waals surface area (Å²) in [5.41, 5.74) is 7.06. The minimum atomic E-state index is -0.683. The van der Waals surface area contributed by atoms with Crippen LogP contribution in [-0.2, 0) is 30.2 Å². The van der Waals surface area contributed by atoms with E-state index in [1.165, 1.54) is 14.2 Å². The minimum absolute atomic E-state index is 0.0267.